The summed E-state index contributed by atoms with van der Waals surface area (Å²) in [5.74, 6) is 1.01. The molecule has 1 aliphatic heterocycles. The van der Waals surface area contributed by atoms with E-state index in [0.29, 0.717) is 35.8 Å². The maximum absolute atomic E-state index is 13.7. The van der Waals surface area contributed by atoms with Crippen molar-refractivity contribution in [3.63, 3.8) is 0 Å². The number of para-hydroxylation sites is 1. The molecule has 3 amide bonds. The lowest BCUT2D eigenvalue weighted by Gasteiger charge is -2.38. The molecule has 3 atom stereocenters. The average molecular weight is 547 g/mol. The fourth-order valence-electron chi connectivity index (χ4n) is 4.75. The van der Waals surface area contributed by atoms with Gasteiger partial charge >= 0.3 is 6.03 Å². The fourth-order valence-corrected chi connectivity index (χ4v) is 4.75. The van der Waals surface area contributed by atoms with Crippen molar-refractivity contribution in [3.8, 4) is 11.5 Å². The zero-order valence-electron chi connectivity index (χ0n) is 23.5. The van der Waals surface area contributed by atoms with Gasteiger partial charge in [0.15, 0.2) is 0 Å². The summed E-state index contributed by atoms with van der Waals surface area (Å²) in [6.45, 7) is 5.50. The van der Waals surface area contributed by atoms with Gasteiger partial charge in [-0.3, -0.25) is 9.69 Å². The largest absolute Gasteiger partial charge is 0.497 e. The highest BCUT2D eigenvalue weighted by Gasteiger charge is 2.33. The number of nitrogens with one attached hydrogen (secondary N) is 2. The van der Waals surface area contributed by atoms with Crippen LogP contribution in [0, 0.1) is 5.92 Å². The molecule has 3 aromatic carbocycles. The maximum atomic E-state index is 13.7. The molecule has 0 spiro atoms. The van der Waals surface area contributed by atoms with Crippen molar-refractivity contribution in [2.24, 2.45) is 5.92 Å². The highest BCUT2D eigenvalue weighted by molar-refractivity contribution is 6.02. The minimum Gasteiger partial charge on any atom is -0.497 e. The third kappa shape index (κ3) is 7.31. The standard InChI is InChI=1S/C31H38N4O5/c1-21-17-35(22(2)20-36)30(37)27-16-25(33-31(38)32-24-8-6-5-7-9-24)12-15-28(27)40-29(21)19-34(3)18-23-10-13-26(39-4)14-11-23/h5-16,21-22,29,36H,17-20H2,1-4H3,(H2,32,33,38)/t21-,22-,29-/m0/s1. The molecule has 9 heteroatoms. The van der Waals surface area contributed by atoms with Crippen LogP contribution < -0.4 is 20.1 Å². The van der Waals surface area contributed by atoms with Gasteiger partial charge in [-0.25, -0.2) is 4.79 Å². The number of amides is 3. The number of rotatable bonds is 9. The molecule has 0 bridgehead atoms. The van der Waals surface area contributed by atoms with Crippen LogP contribution in [0.5, 0.6) is 11.5 Å². The topological polar surface area (TPSA) is 103 Å². The molecule has 0 unspecified atom stereocenters. The fraction of sp³-hybridized carbons (Fsp3) is 0.355. The molecule has 0 radical (unpaired) electrons. The third-order valence-electron chi connectivity index (χ3n) is 7.06. The Morgan fingerprint density at radius 1 is 1.10 bits per heavy atom. The van der Waals surface area contributed by atoms with Crippen LogP contribution >= 0.6 is 0 Å². The van der Waals surface area contributed by atoms with E-state index < -0.39 is 6.03 Å². The summed E-state index contributed by atoms with van der Waals surface area (Å²) in [6, 6.07) is 21.4. The minimum atomic E-state index is -0.419. The Morgan fingerprint density at radius 2 is 1.80 bits per heavy atom. The van der Waals surface area contributed by atoms with E-state index in [2.05, 4.69) is 22.5 Å². The molecule has 4 rings (SSSR count). The second-order valence-electron chi connectivity index (χ2n) is 10.3. The quantitative estimate of drug-likeness (QED) is 0.360. The smallest absolute Gasteiger partial charge is 0.323 e. The number of hydrogen-bond acceptors (Lipinski definition) is 6. The number of hydrogen-bond donors (Lipinski definition) is 3. The second kappa shape index (κ2) is 13.3. The van der Waals surface area contributed by atoms with Gasteiger partial charge in [0.1, 0.15) is 17.6 Å². The summed E-state index contributed by atoms with van der Waals surface area (Å²) < 4.78 is 11.7. The van der Waals surface area contributed by atoms with Gasteiger partial charge in [0.05, 0.1) is 25.3 Å². The molecule has 212 valence electrons. The SMILES string of the molecule is COc1ccc(CN(C)C[C@@H]2Oc3ccc(NC(=O)Nc4ccccc4)cc3C(=O)N([C@@H](C)CO)C[C@@H]2C)cc1. The summed E-state index contributed by atoms with van der Waals surface area (Å²) in [6.07, 6.45) is -0.219. The number of ether oxygens (including phenoxy) is 2. The first-order chi connectivity index (χ1) is 19.3. The molecule has 0 aromatic heterocycles. The molecule has 40 heavy (non-hydrogen) atoms. The molecule has 1 aliphatic rings. The van der Waals surface area contributed by atoms with Crippen LogP contribution in [-0.2, 0) is 6.54 Å². The molecule has 0 aliphatic carbocycles. The highest BCUT2D eigenvalue weighted by atomic mass is 16.5. The number of likely N-dealkylation sites (N-methyl/N-ethyl adjacent to an activating group) is 1. The lowest BCUT2D eigenvalue weighted by Crippen LogP contribution is -2.49. The second-order valence-corrected chi connectivity index (χ2v) is 10.3. The molecule has 0 saturated heterocycles. The van der Waals surface area contributed by atoms with Crippen LogP contribution in [0.3, 0.4) is 0 Å². The van der Waals surface area contributed by atoms with Crippen LogP contribution in [-0.4, -0.2) is 72.8 Å². The average Bonchev–Trinajstić information content (AvgIpc) is 2.95. The summed E-state index contributed by atoms with van der Waals surface area (Å²) in [5.41, 5.74) is 2.61. The molecule has 0 saturated carbocycles. The van der Waals surface area contributed by atoms with E-state index in [9.17, 15) is 14.7 Å². The van der Waals surface area contributed by atoms with Crippen molar-refractivity contribution < 1.29 is 24.2 Å². The van der Waals surface area contributed by atoms with Crippen molar-refractivity contribution in [3.05, 3.63) is 83.9 Å². The summed E-state index contributed by atoms with van der Waals surface area (Å²) in [5, 5.41) is 15.5. The predicted octanol–water partition coefficient (Wildman–Crippen LogP) is 4.69. The summed E-state index contributed by atoms with van der Waals surface area (Å²) >= 11 is 0. The van der Waals surface area contributed by atoms with Gasteiger partial charge in [-0.1, -0.05) is 37.3 Å². The monoisotopic (exact) mass is 546 g/mol. The number of aliphatic hydroxyl groups excluding tert-OH is 1. The van der Waals surface area contributed by atoms with Crippen LogP contribution in [0.4, 0.5) is 16.2 Å². The van der Waals surface area contributed by atoms with Crippen LogP contribution in [0.1, 0.15) is 29.8 Å². The van der Waals surface area contributed by atoms with E-state index in [-0.39, 0.29) is 30.6 Å². The molecule has 1 heterocycles. The molecule has 3 N–H and O–H groups in total. The van der Waals surface area contributed by atoms with Gasteiger partial charge in [-0.2, -0.15) is 0 Å². The van der Waals surface area contributed by atoms with E-state index in [0.717, 1.165) is 17.9 Å². The number of carbonyl (C=O) groups is 2. The van der Waals surface area contributed by atoms with Crippen LogP contribution in [0.15, 0.2) is 72.8 Å². The molecular weight excluding hydrogens is 508 g/mol. The first-order valence-electron chi connectivity index (χ1n) is 13.4. The zero-order chi connectivity index (χ0) is 28.6. The Bertz CT molecular complexity index is 1280. The number of carbonyl (C=O) groups excluding carboxylic acids is 2. The Morgan fingerprint density at radius 3 is 2.48 bits per heavy atom. The first kappa shape index (κ1) is 28.9. The first-order valence-corrected chi connectivity index (χ1v) is 13.4. The number of fused-ring (bicyclic) bond motifs is 1. The van der Waals surface area contributed by atoms with Gasteiger partial charge in [0.25, 0.3) is 5.91 Å². The Balaban J connectivity index is 1.54. The van der Waals surface area contributed by atoms with Gasteiger partial charge < -0.3 is 30.1 Å². The van der Waals surface area contributed by atoms with Gasteiger partial charge in [0, 0.05) is 36.9 Å². The zero-order valence-corrected chi connectivity index (χ0v) is 23.5. The highest BCUT2D eigenvalue weighted by Crippen LogP contribution is 2.31. The number of aliphatic hydroxyl groups is 1. The van der Waals surface area contributed by atoms with Gasteiger partial charge in [0.2, 0.25) is 0 Å². The normalized spacial score (nSPS) is 17.8. The molecular formula is C31H38N4O5. The van der Waals surface area contributed by atoms with Gasteiger partial charge in [-0.15, -0.1) is 0 Å². The number of anilines is 2. The summed E-state index contributed by atoms with van der Waals surface area (Å²) in [7, 11) is 3.69. The van der Waals surface area contributed by atoms with Crippen molar-refractivity contribution in [1.82, 2.24) is 9.80 Å². The van der Waals surface area contributed by atoms with Crippen LogP contribution in [0.2, 0.25) is 0 Å². The van der Waals surface area contributed by atoms with Crippen LogP contribution in [0.25, 0.3) is 0 Å². The van der Waals surface area contributed by atoms with Crippen molar-refractivity contribution in [1.29, 1.82) is 0 Å². The lowest BCUT2D eigenvalue weighted by atomic mass is 9.99. The van der Waals surface area contributed by atoms with E-state index in [1.165, 1.54) is 0 Å². The number of nitrogens with zero attached hydrogens (tertiary/aromatic N) is 2. The van der Waals surface area contributed by atoms with E-state index >= 15 is 0 Å². The summed E-state index contributed by atoms with van der Waals surface area (Å²) in [4.78, 5) is 30.1. The molecule has 9 nitrogen and oxygen atoms in total. The van der Waals surface area contributed by atoms with Crippen molar-refractivity contribution in [2.45, 2.75) is 32.5 Å². The molecule has 3 aromatic rings. The van der Waals surface area contributed by atoms with E-state index in [1.807, 2.05) is 56.4 Å². The van der Waals surface area contributed by atoms with Gasteiger partial charge in [-0.05, 0) is 62.0 Å². The molecule has 0 fully saturated rings. The Hall–Kier alpha value is -4.08. The maximum Gasteiger partial charge on any atom is 0.323 e. The lowest BCUT2D eigenvalue weighted by molar-refractivity contribution is 0.0341. The minimum absolute atomic E-state index is 0.00105. The van der Waals surface area contributed by atoms with E-state index in [4.69, 9.17) is 9.47 Å². The number of methoxy groups -OCH3 is 1. The van der Waals surface area contributed by atoms with Crippen molar-refractivity contribution >= 4 is 23.3 Å². The number of benzene rings is 3. The van der Waals surface area contributed by atoms with Crippen molar-refractivity contribution in [2.75, 3.05) is 44.5 Å². The van der Waals surface area contributed by atoms with E-state index in [1.54, 1.807) is 42.3 Å². The predicted molar refractivity (Wildman–Crippen MR) is 156 cm³/mol. The Labute approximate surface area is 235 Å². The number of urea groups is 1. The Kier molecular flexibility index (Phi) is 9.63. The third-order valence-corrected chi connectivity index (χ3v) is 7.06.